The molecule has 3 rings (SSSR count). The lowest BCUT2D eigenvalue weighted by atomic mass is 10.1. The Morgan fingerprint density at radius 3 is 2.70 bits per heavy atom. The van der Waals surface area contributed by atoms with Crippen molar-refractivity contribution in [2.75, 3.05) is 19.9 Å². The Balaban J connectivity index is 1.66. The molecule has 156 valence electrons. The van der Waals surface area contributed by atoms with Gasteiger partial charge in [-0.05, 0) is 36.8 Å². The first kappa shape index (κ1) is 21.3. The maximum Gasteiger partial charge on any atom is 0.269 e. The molecule has 9 nitrogen and oxygen atoms in total. The van der Waals surface area contributed by atoms with Crippen LogP contribution >= 0.6 is 11.8 Å². The van der Waals surface area contributed by atoms with Crippen LogP contribution in [0.2, 0.25) is 0 Å². The third-order valence-electron chi connectivity index (χ3n) is 4.73. The highest BCUT2D eigenvalue weighted by Gasteiger charge is 2.20. The van der Waals surface area contributed by atoms with Crippen molar-refractivity contribution < 1.29 is 14.5 Å². The Morgan fingerprint density at radius 1 is 1.30 bits per heavy atom. The highest BCUT2D eigenvalue weighted by molar-refractivity contribution is 7.99. The van der Waals surface area contributed by atoms with Crippen LogP contribution in [0.1, 0.15) is 18.5 Å². The molecule has 10 heteroatoms. The van der Waals surface area contributed by atoms with Crippen molar-refractivity contribution in [3.63, 3.8) is 0 Å². The number of hydrogen-bond donors (Lipinski definition) is 0. The van der Waals surface area contributed by atoms with Crippen LogP contribution in [0.25, 0.3) is 5.69 Å². The fourth-order valence-electron chi connectivity index (χ4n) is 2.81. The minimum atomic E-state index is -0.445. The third-order valence-corrected chi connectivity index (χ3v) is 5.66. The number of non-ortho nitro benzene ring substituents is 1. The van der Waals surface area contributed by atoms with E-state index in [4.69, 9.17) is 4.74 Å². The summed E-state index contributed by atoms with van der Waals surface area (Å²) in [5, 5.41) is 19.6. The van der Waals surface area contributed by atoms with Gasteiger partial charge in [-0.2, -0.15) is 0 Å². The number of carbonyl (C=O) groups is 1. The molecular formula is C20H21N5O4S. The third kappa shape index (κ3) is 4.77. The van der Waals surface area contributed by atoms with Gasteiger partial charge in [-0.3, -0.25) is 19.5 Å². The first-order valence-corrected chi connectivity index (χ1v) is 10.1. The fourth-order valence-corrected chi connectivity index (χ4v) is 3.66. The van der Waals surface area contributed by atoms with Crippen LogP contribution in [0, 0.1) is 10.1 Å². The van der Waals surface area contributed by atoms with E-state index in [-0.39, 0.29) is 23.4 Å². The SMILES string of the molecule is COc1ccc(-n2cnnc2SCC(=O)N(C)C(C)c2cccc([N+](=O)[O-])c2)cc1. The molecule has 1 amide bonds. The molecule has 0 radical (unpaired) electrons. The van der Waals surface area contributed by atoms with E-state index in [1.54, 1.807) is 42.1 Å². The van der Waals surface area contributed by atoms with Gasteiger partial charge < -0.3 is 9.64 Å². The highest BCUT2D eigenvalue weighted by Crippen LogP contribution is 2.25. The predicted octanol–water partition coefficient (Wildman–Crippen LogP) is 3.50. The van der Waals surface area contributed by atoms with Gasteiger partial charge in [0.05, 0.1) is 23.8 Å². The Morgan fingerprint density at radius 2 is 2.03 bits per heavy atom. The zero-order chi connectivity index (χ0) is 21.7. The van der Waals surface area contributed by atoms with Gasteiger partial charge in [0, 0.05) is 24.9 Å². The lowest BCUT2D eigenvalue weighted by molar-refractivity contribution is -0.384. The lowest BCUT2D eigenvalue weighted by Crippen LogP contribution is -2.31. The number of carbonyl (C=O) groups excluding carboxylic acids is 1. The number of nitro benzene ring substituents is 1. The molecule has 0 fully saturated rings. The van der Waals surface area contributed by atoms with E-state index in [1.165, 1.54) is 23.9 Å². The van der Waals surface area contributed by atoms with E-state index in [2.05, 4.69) is 10.2 Å². The molecule has 0 saturated carbocycles. The van der Waals surface area contributed by atoms with Crippen LogP contribution in [0.15, 0.2) is 60.0 Å². The number of benzene rings is 2. The predicted molar refractivity (Wildman–Crippen MR) is 113 cm³/mol. The van der Waals surface area contributed by atoms with Crippen molar-refractivity contribution >= 4 is 23.4 Å². The van der Waals surface area contributed by atoms with Crippen LogP contribution in [-0.2, 0) is 4.79 Å². The summed E-state index contributed by atoms with van der Waals surface area (Å²) < 4.78 is 6.96. The fraction of sp³-hybridized carbons (Fsp3) is 0.250. The number of thioether (sulfide) groups is 1. The number of methoxy groups -OCH3 is 1. The van der Waals surface area contributed by atoms with Crippen LogP contribution in [0.4, 0.5) is 5.69 Å². The molecule has 0 saturated heterocycles. The summed E-state index contributed by atoms with van der Waals surface area (Å²) in [6, 6.07) is 13.4. The summed E-state index contributed by atoms with van der Waals surface area (Å²) in [6.07, 6.45) is 1.59. The normalized spacial score (nSPS) is 11.7. The Labute approximate surface area is 177 Å². The molecule has 0 aliphatic rings. The Hall–Kier alpha value is -3.40. The summed E-state index contributed by atoms with van der Waals surface area (Å²) in [4.78, 5) is 24.8. The number of aromatic nitrogens is 3. The summed E-state index contributed by atoms with van der Waals surface area (Å²) in [7, 11) is 3.28. The molecule has 3 aromatic rings. The number of hydrogen-bond acceptors (Lipinski definition) is 7. The molecular weight excluding hydrogens is 406 g/mol. The van der Waals surface area contributed by atoms with E-state index in [9.17, 15) is 14.9 Å². The number of ether oxygens (including phenoxy) is 1. The quantitative estimate of drug-likeness (QED) is 0.308. The Bertz CT molecular complexity index is 1040. The first-order chi connectivity index (χ1) is 14.4. The molecule has 1 unspecified atom stereocenters. The summed E-state index contributed by atoms with van der Waals surface area (Å²) in [5.74, 6) is 0.779. The number of rotatable bonds is 8. The van der Waals surface area contributed by atoms with E-state index in [0.717, 1.165) is 11.4 Å². The second-order valence-electron chi connectivity index (χ2n) is 6.50. The van der Waals surface area contributed by atoms with Crippen LogP contribution in [-0.4, -0.2) is 50.4 Å². The standard InChI is InChI=1S/C20H21N5O4S/c1-14(15-5-4-6-17(11-15)25(27)28)23(2)19(26)12-30-20-22-21-13-24(20)16-7-9-18(29-3)10-8-16/h4-11,13-14H,12H2,1-3H3. The highest BCUT2D eigenvalue weighted by atomic mass is 32.2. The van der Waals surface area contributed by atoms with E-state index >= 15 is 0 Å². The topological polar surface area (TPSA) is 103 Å². The molecule has 2 aromatic carbocycles. The monoisotopic (exact) mass is 427 g/mol. The minimum Gasteiger partial charge on any atom is -0.497 e. The molecule has 30 heavy (non-hydrogen) atoms. The van der Waals surface area contributed by atoms with Crippen molar-refractivity contribution in [3.05, 3.63) is 70.5 Å². The molecule has 0 N–H and O–H groups in total. The van der Waals surface area contributed by atoms with Gasteiger partial charge in [0.1, 0.15) is 12.1 Å². The van der Waals surface area contributed by atoms with Gasteiger partial charge >= 0.3 is 0 Å². The molecule has 0 spiro atoms. The average molecular weight is 427 g/mol. The molecule has 1 atom stereocenters. The van der Waals surface area contributed by atoms with Gasteiger partial charge in [0.25, 0.3) is 5.69 Å². The molecule has 0 aliphatic carbocycles. The van der Waals surface area contributed by atoms with Gasteiger partial charge in [-0.1, -0.05) is 23.9 Å². The summed E-state index contributed by atoms with van der Waals surface area (Å²) in [5.41, 5.74) is 1.56. The van der Waals surface area contributed by atoms with Crippen molar-refractivity contribution in [2.45, 2.75) is 18.1 Å². The maximum atomic E-state index is 12.7. The van der Waals surface area contributed by atoms with Gasteiger partial charge in [0.15, 0.2) is 5.16 Å². The molecule has 0 bridgehead atoms. The van der Waals surface area contributed by atoms with E-state index in [0.29, 0.717) is 10.7 Å². The second kappa shape index (κ2) is 9.40. The zero-order valence-corrected chi connectivity index (χ0v) is 17.6. The van der Waals surface area contributed by atoms with E-state index in [1.807, 2.05) is 31.2 Å². The Kier molecular flexibility index (Phi) is 6.68. The molecule has 0 aliphatic heterocycles. The van der Waals surface area contributed by atoms with Gasteiger partial charge in [0.2, 0.25) is 5.91 Å². The van der Waals surface area contributed by atoms with Crippen LogP contribution in [0.3, 0.4) is 0 Å². The van der Waals surface area contributed by atoms with E-state index < -0.39 is 4.92 Å². The first-order valence-electron chi connectivity index (χ1n) is 9.08. The average Bonchev–Trinajstić information content (AvgIpc) is 3.25. The van der Waals surface area contributed by atoms with Crippen molar-refractivity contribution in [1.29, 1.82) is 0 Å². The van der Waals surface area contributed by atoms with Crippen LogP contribution < -0.4 is 4.74 Å². The van der Waals surface area contributed by atoms with Crippen molar-refractivity contribution in [3.8, 4) is 11.4 Å². The summed E-state index contributed by atoms with van der Waals surface area (Å²) >= 11 is 1.27. The lowest BCUT2D eigenvalue weighted by Gasteiger charge is -2.25. The zero-order valence-electron chi connectivity index (χ0n) is 16.8. The number of amides is 1. The smallest absolute Gasteiger partial charge is 0.269 e. The van der Waals surface area contributed by atoms with Gasteiger partial charge in [-0.25, -0.2) is 0 Å². The number of nitro groups is 1. The second-order valence-corrected chi connectivity index (χ2v) is 7.45. The molecule has 1 heterocycles. The van der Waals surface area contributed by atoms with Crippen molar-refractivity contribution in [1.82, 2.24) is 19.7 Å². The van der Waals surface area contributed by atoms with Crippen LogP contribution in [0.5, 0.6) is 5.75 Å². The maximum absolute atomic E-state index is 12.7. The summed E-state index contributed by atoms with van der Waals surface area (Å²) in [6.45, 7) is 1.83. The van der Waals surface area contributed by atoms with Gasteiger partial charge in [-0.15, -0.1) is 10.2 Å². The van der Waals surface area contributed by atoms with Crippen molar-refractivity contribution in [2.24, 2.45) is 0 Å². The molecule has 1 aromatic heterocycles. The largest absolute Gasteiger partial charge is 0.497 e. The minimum absolute atomic E-state index is 0.00201. The number of nitrogens with zero attached hydrogens (tertiary/aromatic N) is 5.